The van der Waals surface area contributed by atoms with Gasteiger partial charge in [-0.05, 0) is 25.1 Å². The highest BCUT2D eigenvalue weighted by Crippen LogP contribution is 2.21. The summed E-state index contributed by atoms with van der Waals surface area (Å²) in [6.45, 7) is 1.77. The lowest BCUT2D eigenvalue weighted by Crippen LogP contribution is -2.15. The lowest BCUT2D eigenvalue weighted by molar-refractivity contribution is 0.102. The molecule has 3 aromatic rings. The monoisotopic (exact) mass is 329 g/mol. The second kappa shape index (κ2) is 6.45. The zero-order valence-electron chi connectivity index (χ0n) is 12.1. The van der Waals surface area contributed by atoms with Gasteiger partial charge in [0.15, 0.2) is 5.82 Å². The molecule has 7 nitrogen and oxygen atoms in total. The topological polar surface area (TPSA) is 92.9 Å². The lowest BCUT2D eigenvalue weighted by atomic mass is 10.3. The second-order valence-corrected chi connectivity index (χ2v) is 5.05. The Bertz CT molecular complexity index is 849. The molecule has 0 radical (unpaired) electrons. The predicted molar refractivity (Wildman–Crippen MR) is 86.0 cm³/mol. The van der Waals surface area contributed by atoms with E-state index < -0.39 is 0 Å². The van der Waals surface area contributed by atoms with Gasteiger partial charge in [0.1, 0.15) is 11.5 Å². The Morgan fingerprint density at radius 1 is 1.26 bits per heavy atom. The Balaban J connectivity index is 1.76. The molecule has 0 aliphatic heterocycles. The molecular formula is C15H12ClN5O2. The number of anilines is 3. The first-order chi connectivity index (χ1) is 11.1. The molecule has 0 fully saturated rings. The lowest BCUT2D eigenvalue weighted by Gasteiger charge is -2.07. The van der Waals surface area contributed by atoms with Gasteiger partial charge in [-0.15, -0.1) is 0 Å². The minimum absolute atomic E-state index is 0.197. The number of rotatable bonds is 4. The van der Waals surface area contributed by atoms with Gasteiger partial charge in [0.2, 0.25) is 5.95 Å². The Hall–Kier alpha value is -2.93. The predicted octanol–water partition coefficient (Wildman–Crippen LogP) is 3.42. The van der Waals surface area contributed by atoms with Gasteiger partial charge < -0.3 is 15.2 Å². The van der Waals surface area contributed by atoms with E-state index in [1.165, 1.54) is 12.3 Å². The van der Waals surface area contributed by atoms with Crippen LogP contribution in [0.1, 0.15) is 16.2 Å². The largest absolute Gasteiger partial charge is 0.360 e. The first-order valence-electron chi connectivity index (χ1n) is 6.71. The molecule has 0 aliphatic carbocycles. The first-order valence-corrected chi connectivity index (χ1v) is 7.09. The van der Waals surface area contributed by atoms with Crippen LogP contribution < -0.4 is 10.6 Å². The van der Waals surface area contributed by atoms with Crippen LogP contribution in [0.3, 0.4) is 0 Å². The minimum atomic E-state index is -0.389. The number of carbonyl (C=O) groups excluding carboxylic acids is 1. The number of halogens is 1. The first kappa shape index (κ1) is 15.0. The number of hydrogen-bond donors (Lipinski definition) is 2. The summed E-state index contributed by atoms with van der Waals surface area (Å²) in [6, 6.07) is 10.2. The van der Waals surface area contributed by atoms with E-state index in [9.17, 15) is 4.79 Å². The van der Waals surface area contributed by atoms with Crippen LogP contribution in [-0.4, -0.2) is 21.0 Å². The molecule has 0 saturated heterocycles. The third-order valence-corrected chi connectivity index (χ3v) is 3.21. The van der Waals surface area contributed by atoms with Crippen molar-refractivity contribution in [2.45, 2.75) is 6.92 Å². The van der Waals surface area contributed by atoms with Crippen molar-refractivity contribution in [1.29, 1.82) is 0 Å². The van der Waals surface area contributed by atoms with Crippen molar-refractivity contribution in [3.63, 3.8) is 0 Å². The molecule has 0 aliphatic rings. The molecule has 1 aromatic carbocycles. The molecule has 1 amide bonds. The summed E-state index contributed by atoms with van der Waals surface area (Å²) in [5.74, 6) is 0.969. The number of benzene rings is 1. The van der Waals surface area contributed by atoms with Gasteiger partial charge in [0.05, 0.1) is 10.7 Å². The van der Waals surface area contributed by atoms with Gasteiger partial charge in [-0.25, -0.2) is 9.97 Å². The van der Waals surface area contributed by atoms with E-state index in [2.05, 4.69) is 25.8 Å². The Morgan fingerprint density at radius 2 is 2.09 bits per heavy atom. The minimum Gasteiger partial charge on any atom is -0.360 e. The van der Waals surface area contributed by atoms with Gasteiger partial charge >= 0.3 is 0 Å². The van der Waals surface area contributed by atoms with Gasteiger partial charge in [-0.1, -0.05) is 28.9 Å². The van der Waals surface area contributed by atoms with E-state index in [1.807, 2.05) is 0 Å². The number of para-hydroxylation sites is 1. The van der Waals surface area contributed by atoms with E-state index in [0.29, 0.717) is 22.3 Å². The van der Waals surface area contributed by atoms with Crippen molar-refractivity contribution in [3.05, 3.63) is 59.1 Å². The van der Waals surface area contributed by atoms with Gasteiger partial charge in [-0.3, -0.25) is 4.79 Å². The van der Waals surface area contributed by atoms with Crippen molar-refractivity contribution in [2.24, 2.45) is 0 Å². The molecule has 0 bridgehead atoms. The van der Waals surface area contributed by atoms with Crippen LogP contribution in [-0.2, 0) is 0 Å². The van der Waals surface area contributed by atoms with Crippen LogP contribution in [0.4, 0.5) is 17.5 Å². The maximum Gasteiger partial charge on any atom is 0.274 e. The zero-order chi connectivity index (χ0) is 16.2. The highest BCUT2D eigenvalue weighted by Gasteiger charge is 2.11. The molecule has 3 rings (SSSR count). The third kappa shape index (κ3) is 3.64. The van der Waals surface area contributed by atoms with Crippen LogP contribution in [0.2, 0.25) is 5.02 Å². The third-order valence-electron chi connectivity index (χ3n) is 2.88. The number of amides is 1. The summed E-state index contributed by atoms with van der Waals surface area (Å²) in [4.78, 5) is 20.4. The van der Waals surface area contributed by atoms with E-state index in [1.54, 1.807) is 37.3 Å². The zero-order valence-corrected chi connectivity index (χ0v) is 12.8. The van der Waals surface area contributed by atoms with Crippen LogP contribution in [0.15, 0.2) is 47.1 Å². The van der Waals surface area contributed by atoms with Crippen LogP contribution >= 0.6 is 11.6 Å². The summed E-state index contributed by atoms with van der Waals surface area (Å²) in [5.41, 5.74) is 0.710. The summed E-state index contributed by atoms with van der Waals surface area (Å²) in [6.07, 6.45) is 1.48. The quantitative estimate of drug-likeness (QED) is 0.761. The molecule has 23 heavy (non-hydrogen) atoms. The van der Waals surface area contributed by atoms with Gasteiger partial charge in [-0.2, -0.15) is 0 Å². The molecule has 0 unspecified atom stereocenters. The van der Waals surface area contributed by atoms with Gasteiger partial charge in [0.25, 0.3) is 5.91 Å². The normalized spacial score (nSPS) is 10.3. The molecule has 116 valence electrons. The number of nitrogens with zero attached hydrogens (tertiary/aromatic N) is 3. The van der Waals surface area contributed by atoms with Crippen molar-refractivity contribution >= 4 is 35.0 Å². The molecule has 0 saturated carbocycles. The Kier molecular flexibility index (Phi) is 4.20. The van der Waals surface area contributed by atoms with E-state index >= 15 is 0 Å². The van der Waals surface area contributed by atoms with E-state index in [0.717, 1.165) is 0 Å². The SMILES string of the molecule is Cc1cc(Nc2nccc(C(=O)Nc3ccccc3Cl)n2)no1. The van der Waals surface area contributed by atoms with Crippen molar-refractivity contribution in [2.75, 3.05) is 10.6 Å². The van der Waals surface area contributed by atoms with Crippen molar-refractivity contribution in [1.82, 2.24) is 15.1 Å². The average molecular weight is 330 g/mol. The summed E-state index contributed by atoms with van der Waals surface area (Å²) in [7, 11) is 0. The maximum atomic E-state index is 12.3. The fourth-order valence-corrected chi connectivity index (χ4v) is 2.02. The number of aryl methyl sites for hydroxylation is 1. The molecule has 2 heterocycles. The van der Waals surface area contributed by atoms with Crippen molar-refractivity contribution < 1.29 is 9.32 Å². The number of nitrogens with one attached hydrogen (secondary N) is 2. The molecule has 2 aromatic heterocycles. The van der Waals surface area contributed by atoms with Gasteiger partial charge in [0, 0.05) is 12.3 Å². The van der Waals surface area contributed by atoms with Crippen molar-refractivity contribution in [3.8, 4) is 0 Å². The average Bonchev–Trinajstić information content (AvgIpc) is 2.95. The highest BCUT2D eigenvalue weighted by atomic mass is 35.5. The summed E-state index contributed by atoms with van der Waals surface area (Å²) < 4.78 is 4.94. The Morgan fingerprint density at radius 3 is 2.83 bits per heavy atom. The highest BCUT2D eigenvalue weighted by molar-refractivity contribution is 6.33. The fourth-order valence-electron chi connectivity index (χ4n) is 1.83. The summed E-state index contributed by atoms with van der Waals surface area (Å²) in [5, 5.41) is 9.79. The fraction of sp³-hybridized carbons (Fsp3) is 0.0667. The molecule has 2 N–H and O–H groups in total. The smallest absolute Gasteiger partial charge is 0.274 e. The maximum absolute atomic E-state index is 12.3. The standard InChI is InChI=1S/C15H12ClN5O2/c1-9-8-13(21-23-9)20-15-17-7-6-12(19-15)14(22)18-11-5-3-2-4-10(11)16/h2-8H,1H3,(H,18,22)(H,17,19,20,21). The number of aromatic nitrogens is 3. The molecule has 8 heteroatoms. The number of hydrogen-bond acceptors (Lipinski definition) is 6. The summed E-state index contributed by atoms with van der Waals surface area (Å²) >= 11 is 6.02. The van der Waals surface area contributed by atoms with Crippen LogP contribution in [0.25, 0.3) is 0 Å². The molecule has 0 atom stereocenters. The van der Waals surface area contributed by atoms with E-state index in [-0.39, 0.29) is 17.5 Å². The van der Waals surface area contributed by atoms with E-state index in [4.69, 9.17) is 16.1 Å². The number of carbonyl (C=O) groups is 1. The molecular weight excluding hydrogens is 318 g/mol. The Labute approximate surface area is 136 Å². The van der Waals surface area contributed by atoms with Crippen LogP contribution in [0, 0.1) is 6.92 Å². The van der Waals surface area contributed by atoms with Crippen LogP contribution in [0.5, 0.6) is 0 Å². The molecule has 0 spiro atoms. The second-order valence-electron chi connectivity index (χ2n) is 4.65.